The average Bonchev–Trinajstić information content (AvgIpc) is 2.65. The third-order valence-corrected chi connectivity index (χ3v) is 5.64. The number of esters is 1. The fourth-order valence-corrected chi connectivity index (χ4v) is 3.79. The van der Waals surface area contributed by atoms with Crippen LogP contribution in [0.5, 0.6) is 0 Å². The summed E-state index contributed by atoms with van der Waals surface area (Å²) in [6.07, 6.45) is 1.70. The van der Waals surface area contributed by atoms with Gasteiger partial charge in [0.1, 0.15) is 6.04 Å². The third kappa shape index (κ3) is 6.32. The van der Waals surface area contributed by atoms with E-state index in [1.165, 1.54) is 12.1 Å². The molecule has 0 aliphatic carbocycles. The molecule has 150 valence electrons. The van der Waals surface area contributed by atoms with Gasteiger partial charge in [0, 0.05) is 0 Å². The van der Waals surface area contributed by atoms with E-state index in [0.717, 1.165) is 16.7 Å². The highest BCUT2D eigenvalue weighted by molar-refractivity contribution is 7.89. The Labute approximate surface area is 167 Å². The number of carbonyl (C=O) groups is 1. The summed E-state index contributed by atoms with van der Waals surface area (Å²) >= 11 is 0. The molecule has 0 saturated heterocycles. The Morgan fingerprint density at radius 3 is 2.25 bits per heavy atom. The number of carbonyl (C=O) groups excluding carboxylic acids is 1. The van der Waals surface area contributed by atoms with Gasteiger partial charge in [0.05, 0.1) is 11.0 Å². The van der Waals surface area contributed by atoms with Crippen molar-refractivity contribution in [3.63, 3.8) is 0 Å². The Bertz CT molecular complexity index is 917. The van der Waals surface area contributed by atoms with Crippen LogP contribution in [0.15, 0.2) is 65.6 Å². The van der Waals surface area contributed by atoms with Crippen LogP contribution < -0.4 is 4.72 Å². The highest BCUT2D eigenvalue weighted by Crippen LogP contribution is 2.16. The minimum atomic E-state index is -3.85. The van der Waals surface area contributed by atoms with Crippen LogP contribution in [0.2, 0.25) is 0 Å². The number of benzene rings is 2. The molecule has 0 amide bonds. The quantitative estimate of drug-likeness (QED) is 0.676. The second-order valence-corrected chi connectivity index (χ2v) is 8.68. The van der Waals surface area contributed by atoms with Crippen LogP contribution in [0.25, 0.3) is 5.57 Å². The van der Waals surface area contributed by atoms with Gasteiger partial charge in [-0.15, -0.1) is 0 Å². The smallest absolute Gasteiger partial charge is 0.324 e. The maximum atomic E-state index is 12.7. The zero-order valence-corrected chi connectivity index (χ0v) is 17.5. The van der Waals surface area contributed by atoms with Gasteiger partial charge < -0.3 is 4.74 Å². The first kappa shape index (κ1) is 21.9. The maximum absolute atomic E-state index is 12.7. The standard InChI is InChI=1S/C22H27NO4S/c1-16(2)27-22(24)21(15-12-18(4)19-8-6-5-7-9-19)23-28(25,26)20-13-10-17(3)11-14-20/h5-14,16,21,23H,15H2,1-4H3/b18-12+. The van der Waals surface area contributed by atoms with Crippen LogP contribution in [0, 0.1) is 6.92 Å². The molecular formula is C22H27NO4S. The van der Waals surface area contributed by atoms with Crippen molar-refractivity contribution in [2.75, 3.05) is 0 Å². The van der Waals surface area contributed by atoms with Crippen molar-refractivity contribution < 1.29 is 17.9 Å². The molecule has 5 nitrogen and oxygen atoms in total. The maximum Gasteiger partial charge on any atom is 0.324 e. The number of rotatable bonds is 8. The molecule has 1 N–H and O–H groups in total. The first-order valence-electron chi connectivity index (χ1n) is 9.20. The van der Waals surface area contributed by atoms with Crippen molar-refractivity contribution in [3.05, 3.63) is 71.8 Å². The van der Waals surface area contributed by atoms with Gasteiger partial charge in [0.2, 0.25) is 10.0 Å². The molecule has 0 heterocycles. The lowest BCUT2D eigenvalue weighted by molar-refractivity contribution is -0.149. The minimum Gasteiger partial charge on any atom is -0.462 e. The molecule has 2 aromatic rings. The van der Waals surface area contributed by atoms with E-state index in [-0.39, 0.29) is 17.4 Å². The SMILES string of the molecule is C/C(=C\CC(NS(=O)(=O)c1ccc(C)cc1)C(=O)OC(C)C)c1ccccc1. The van der Waals surface area contributed by atoms with Crippen molar-refractivity contribution in [1.82, 2.24) is 4.72 Å². The lowest BCUT2D eigenvalue weighted by atomic mass is 10.0. The van der Waals surface area contributed by atoms with E-state index in [1.54, 1.807) is 26.0 Å². The Morgan fingerprint density at radius 1 is 1.07 bits per heavy atom. The summed E-state index contributed by atoms with van der Waals surface area (Å²) in [5, 5.41) is 0. The summed E-state index contributed by atoms with van der Waals surface area (Å²) in [6.45, 7) is 7.27. The molecule has 28 heavy (non-hydrogen) atoms. The highest BCUT2D eigenvalue weighted by atomic mass is 32.2. The number of aryl methyl sites for hydroxylation is 1. The molecule has 0 bridgehead atoms. The van der Waals surface area contributed by atoms with Crippen molar-refractivity contribution in [3.8, 4) is 0 Å². The average molecular weight is 402 g/mol. The molecule has 0 aromatic heterocycles. The van der Waals surface area contributed by atoms with Crippen LogP contribution in [-0.2, 0) is 19.6 Å². The van der Waals surface area contributed by atoms with Crippen LogP contribution in [0.1, 0.15) is 38.3 Å². The first-order chi connectivity index (χ1) is 13.2. The number of sulfonamides is 1. The van der Waals surface area contributed by atoms with Gasteiger partial charge in [-0.25, -0.2) is 8.42 Å². The van der Waals surface area contributed by atoms with E-state index >= 15 is 0 Å². The lowest BCUT2D eigenvalue weighted by Gasteiger charge is -2.18. The van der Waals surface area contributed by atoms with Gasteiger partial charge in [0.15, 0.2) is 0 Å². The van der Waals surface area contributed by atoms with E-state index < -0.39 is 22.0 Å². The molecule has 6 heteroatoms. The molecule has 2 rings (SSSR count). The van der Waals surface area contributed by atoms with Gasteiger partial charge in [-0.3, -0.25) is 4.79 Å². The number of nitrogens with one attached hydrogen (secondary N) is 1. The fraction of sp³-hybridized carbons (Fsp3) is 0.318. The molecule has 1 atom stereocenters. The predicted molar refractivity (Wildman–Crippen MR) is 111 cm³/mol. The summed E-state index contributed by atoms with van der Waals surface area (Å²) in [6, 6.07) is 15.2. The number of hydrogen-bond donors (Lipinski definition) is 1. The Kier molecular flexibility index (Phi) is 7.54. The van der Waals surface area contributed by atoms with Gasteiger partial charge in [-0.2, -0.15) is 4.72 Å². The topological polar surface area (TPSA) is 72.5 Å². The van der Waals surface area contributed by atoms with Gasteiger partial charge in [-0.05, 0) is 57.4 Å². The lowest BCUT2D eigenvalue weighted by Crippen LogP contribution is -2.42. The molecule has 0 saturated carbocycles. The first-order valence-corrected chi connectivity index (χ1v) is 10.7. The minimum absolute atomic E-state index is 0.115. The van der Waals surface area contributed by atoms with Crippen molar-refractivity contribution >= 4 is 21.6 Å². The zero-order valence-electron chi connectivity index (χ0n) is 16.7. The summed E-state index contributed by atoms with van der Waals surface area (Å²) in [5.41, 5.74) is 2.92. The zero-order chi connectivity index (χ0) is 20.7. The van der Waals surface area contributed by atoms with Crippen LogP contribution in [-0.4, -0.2) is 26.5 Å². The Hall–Kier alpha value is -2.44. The van der Waals surface area contributed by atoms with Gasteiger partial charge in [0.25, 0.3) is 0 Å². The molecule has 0 radical (unpaired) electrons. The Balaban J connectivity index is 2.24. The van der Waals surface area contributed by atoms with Crippen LogP contribution in [0.3, 0.4) is 0 Å². The third-order valence-electron chi connectivity index (χ3n) is 4.15. The van der Waals surface area contributed by atoms with Crippen LogP contribution in [0.4, 0.5) is 0 Å². The summed E-state index contributed by atoms with van der Waals surface area (Å²) in [7, 11) is -3.85. The number of allylic oxidation sites excluding steroid dienone is 1. The molecule has 1 unspecified atom stereocenters. The monoisotopic (exact) mass is 401 g/mol. The van der Waals surface area contributed by atoms with E-state index in [4.69, 9.17) is 4.74 Å². The summed E-state index contributed by atoms with van der Waals surface area (Å²) < 4.78 is 33.2. The van der Waals surface area contributed by atoms with Gasteiger partial charge in [-0.1, -0.05) is 54.1 Å². The fourth-order valence-electron chi connectivity index (χ4n) is 2.59. The van der Waals surface area contributed by atoms with Crippen LogP contribution >= 0.6 is 0 Å². The molecular weight excluding hydrogens is 374 g/mol. The summed E-state index contributed by atoms with van der Waals surface area (Å²) in [5.74, 6) is -0.595. The van der Waals surface area contributed by atoms with Crippen molar-refractivity contribution in [2.45, 2.75) is 51.2 Å². The van der Waals surface area contributed by atoms with E-state index in [2.05, 4.69) is 4.72 Å². The largest absolute Gasteiger partial charge is 0.462 e. The predicted octanol–water partition coefficient (Wildman–Crippen LogP) is 4.09. The Morgan fingerprint density at radius 2 is 1.68 bits per heavy atom. The molecule has 0 spiro atoms. The van der Waals surface area contributed by atoms with E-state index in [0.29, 0.717) is 0 Å². The normalized spacial score (nSPS) is 13.4. The second kappa shape index (κ2) is 9.66. The molecule has 0 aliphatic heterocycles. The van der Waals surface area contributed by atoms with Gasteiger partial charge >= 0.3 is 5.97 Å². The number of ether oxygens (including phenoxy) is 1. The molecule has 2 aromatic carbocycles. The number of hydrogen-bond acceptors (Lipinski definition) is 4. The highest BCUT2D eigenvalue weighted by Gasteiger charge is 2.27. The summed E-state index contributed by atoms with van der Waals surface area (Å²) in [4.78, 5) is 12.6. The second-order valence-electron chi connectivity index (χ2n) is 6.96. The van der Waals surface area contributed by atoms with E-state index in [1.807, 2.05) is 50.3 Å². The molecule has 0 aliphatic rings. The van der Waals surface area contributed by atoms with Crippen molar-refractivity contribution in [1.29, 1.82) is 0 Å². The molecule has 0 fully saturated rings. The van der Waals surface area contributed by atoms with Crippen molar-refractivity contribution in [2.24, 2.45) is 0 Å². The van der Waals surface area contributed by atoms with E-state index in [9.17, 15) is 13.2 Å².